The van der Waals surface area contributed by atoms with Crippen LogP contribution in [0.15, 0.2) is 36.9 Å². The number of ether oxygens (including phenoxy) is 1. The van der Waals surface area contributed by atoms with Gasteiger partial charge in [0.05, 0.1) is 6.10 Å². The fourth-order valence-electron chi connectivity index (χ4n) is 1.94. The monoisotopic (exact) mass is 247 g/mol. The van der Waals surface area contributed by atoms with Crippen molar-refractivity contribution in [2.24, 2.45) is 5.92 Å². The van der Waals surface area contributed by atoms with E-state index in [-0.39, 0.29) is 6.10 Å². The molecule has 18 heavy (non-hydrogen) atoms. The zero-order valence-corrected chi connectivity index (χ0v) is 10.6. The summed E-state index contributed by atoms with van der Waals surface area (Å²) >= 11 is 0. The van der Waals surface area contributed by atoms with Gasteiger partial charge in [-0.2, -0.15) is 0 Å². The van der Waals surface area contributed by atoms with Gasteiger partial charge < -0.3 is 15.2 Å². The Balaban J connectivity index is 1.81. The Morgan fingerprint density at radius 1 is 1.44 bits per heavy atom. The summed E-state index contributed by atoms with van der Waals surface area (Å²) in [7, 11) is 0. The molecule has 0 saturated heterocycles. The fraction of sp³-hybridized carbons (Fsp3) is 0.467. The Morgan fingerprint density at radius 3 is 2.94 bits per heavy atom. The molecule has 1 aliphatic rings. The third-order valence-electron chi connectivity index (χ3n) is 3.16. The first-order valence-electron chi connectivity index (χ1n) is 6.51. The van der Waals surface area contributed by atoms with E-state index in [1.807, 2.05) is 24.3 Å². The molecule has 0 radical (unpaired) electrons. The van der Waals surface area contributed by atoms with Gasteiger partial charge in [0, 0.05) is 18.7 Å². The molecule has 0 aliphatic heterocycles. The topological polar surface area (TPSA) is 41.5 Å². The highest BCUT2D eigenvalue weighted by atomic mass is 16.5. The number of rotatable bonds is 8. The lowest BCUT2D eigenvalue weighted by Crippen LogP contribution is -2.28. The maximum Gasteiger partial charge on any atom is 0.124 e. The molecule has 1 aliphatic carbocycles. The molecule has 0 aromatic heterocycles. The van der Waals surface area contributed by atoms with E-state index in [0.717, 1.165) is 17.9 Å². The largest absolute Gasteiger partial charge is 0.489 e. The summed E-state index contributed by atoms with van der Waals surface area (Å²) in [4.78, 5) is 0. The summed E-state index contributed by atoms with van der Waals surface area (Å²) in [5, 5.41) is 13.1. The van der Waals surface area contributed by atoms with E-state index in [9.17, 15) is 5.11 Å². The molecular formula is C15H21NO2. The number of para-hydroxylation sites is 1. The van der Waals surface area contributed by atoms with Gasteiger partial charge in [0.1, 0.15) is 12.4 Å². The van der Waals surface area contributed by atoms with Gasteiger partial charge in [-0.25, -0.2) is 0 Å². The molecule has 0 spiro atoms. The number of benzene rings is 1. The summed E-state index contributed by atoms with van der Waals surface area (Å²) < 4.78 is 5.58. The average Bonchev–Trinajstić information content (AvgIpc) is 3.22. The highest BCUT2D eigenvalue weighted by Gasteiger charge is 2.29. The van der Waals surface area contributed by atoms with Crippen LogP contribution in [0.3, 0.4) is 0 Å². The minimum atomic E-state index is -0.203. The van der Waals surface area contributed by atoms with Crippen molar-refractivity contribution in [1.29, 1.82) is 0 Å². The van der Waals surface area contributed by atoms with Crippen molar-refractivity contribution in [3.05, 3.63) is 42.5 Å². The molecular weight excluding hydrogens is 226 g/mol. The molecule has 1 aromatic carbocycles. The quantitative estimate of drug-likeness (QED) is 0.691. The molecule has 1 saturated carbocycles. The summed E-state index contributed by atoms with van der Waals surface area (Å²) in [6.45, 7) is 5.53. The molecule has 3 nitrogen and oxygen atoms in total. The molecule has 0 heterocycles. The highest BCUT2D eigenvalue weighted by Crippen LogP contribution is 2.32. The Hall–Kier alpha value is -1.32. The molecule has 3 heteroatoms. The summed E-state index contributed by atoms with van der Waals surface area (Å²) in [6, 6.07) is 7.95. The van der Waals surface area contributed by atoms with Crippen LogP contribution < -0.4 is 10.1 Å². The Morgan fingerprint density at radius 2 is 2.22 bits per heavy atom. The smallest absolute Gasteiger partial charge is 0.124 e. The second-order valence-electron chi connectivity index (χ2n) is 4.74. The van der Waals surface area contributed by atoms with Crippen molar-refractivity contribution in [2.45, 2.75) is 25.5 Å². The van der Waals surface area contributed by atoms with Gasteiger partial charge in [-0.3, -0.25) is 0 Å². The lowest BCUT2D eigenvalue weighted by Gasteiger charge is -2.13. The van der Waals surface area contributed by atoms with Crippen LogP contribution >= 0.6 is 0 Å². The van der Waals surface area contributed by atoms with Crippen LogP contribution in [0, 0.1) is 5.92 Å². The van der Waals surface area contributed by atoms with Crippen LogP contribution in [0.25, 0.3) is 0 Å². The van der Waals surface area contributed by atoms with E-state index in [0.29, 0.717) is 19.1 Å². The average molecular weight is 247 g/mol. The first kappa shape index (κ1) is 13.1. The predicted molar refractivity (Wildman–Crippen MR) is 72.6 cm³/mol. The standard InChI is InChI=1S/C15H21NO2/c1-2-9-18-15-6-4-3-5-13(15)10-16-11-14(17)12-7-8-12/h2-6,12,14,16-17H,1,7-11H2. The van der Waals surface area contributed by atoms with E-state index in [4.69, 9.17) is 4.74 Å². The maximum absolute atomic E-state index is 9.77. The second kappa shape index (κ2) is 6.57. The van der Waals surface area contributed by atoms with E-state index in [1.54, 1.807) is 6.08 Å². The minimum absolute atomic E-state index is 0.203. The first-order valence-corrected chi connectivity index (χ1v) is 6.51. The van der Waals surface area contributed by atoms with Gasteiger partial charge in [0.25, 0.3) is 0 Å². The molecule has 1 fully saturated rings. The highest BCUT2D eigenvalue weighted by molar-refractivity contribution is 5.33. The van der Waals surface area contributed by atoms with Crippen LogP contribution in [-0.2, 0) is 6.54 Å². The lowest BCUT2D eigenvalue weighted by atomic mass is 10.2. The summed E-state index contributed by atoms with van der Waals surface area (Å²) in [6.07, 6.45) is 3.87. The molecule has 0 amide bonds. The number of nitrogens with one attached hydrogen (secondary N) is 1. The zero-order chi connectivity index (χ0) is 12.8. The normalized spacial score (nSPS) is 16.3. The zero-order valence-electron chi connectivity index (χ0n) is 10.6. The molecule has 2 rings (SSSR count). The van der Waals surface area contributed by atoms with Crippen LogP contribution in [0.2, 0.25) is 0 Å². The van der Waals surface area contributed by atoms with Gasteiger partial charge in [0.2, 0.25) is 0 Å². The maximum atomic E-state index is 9.77. The molecule has 98 valence electrons. The van der Waals surface area contributed by atoms with E-state index in [1.165, 1.54) is 12.8 Å². The molecule has 1 atom stereocenters. The van der Waals surface area contributed by atoms with Crippen LogP contribution in [-0.4, -0.2) is 24.4 Å². The van der Waals surface area contributed by atoms with Crippen molar-refractivity contribution < 1.29 is 9.84 Å². The van der Waals surface area contributed by atoms with Gasteiger partial charge in [-0.1, -0.05) is 30.9 Å². The number of hydrogen-bond donors (Lipinski definition) is 2. The Bertz CT molecular complexity index is 388. The van der Waals surface area contributed by atoms with Crippen LogP contribution in [0.4, 0.5) is 0 Å². The van der Waals surface area contributed by atoms with E-state index < -0.39 is 0 Å². The van der Waals surface area contributed by atoms with Crippen LogP contribution in [0.1, 0.15) is 18.4 Å². The lowest BCUT2D eigenvalue weighted by molar-refractivity contribution is 0.148. The molecule has 1 unspecified atom stereocenters. The molecule has 0 bridgehead atoms. The van der Waals surface area contributed by atoms with Gasteiger partial charge >= 0.3 is 0 Å². The molecule has 1 aromatic rings. The van der Waals surface area contributed by atoms with Gasteiger partial charge in [-0.15, -0.1) is 0 Å². The van der Waals surface area contributed by atoms with E-state index >= 15 is 0 Å². The predicted octanol–water partition coefficient (Wildman–Crippen LogP) is 2.11. The number of aliphatic hydroxyl groups excluding tert-OH is 1. The second-order valence-corrected chi connectivity index (χ2v) is 4.74. The Kier molecular flexibility index (Phi) is 4.79. The third-order valence-corrected chi connectivity index (χ3v) is 3.16. The number of aliphatic hydroxyl groups is 1. The number of hydrogen-bond acceptors (Lipinski definition) is 3. The van der Waals surface area contributed by atoms with Crippen LogP contribution in [0.5, 0.6) is 5.75 Å². The van der Waals surface area contributed by atoms with Crippen molar-refractivity contribution >= 4 is 0 Å². The first-order chi connectivity index (χ1) is 8.81. The summed E-state index contributed by atoms with van der Waals surface area (Å²) in [5.74, 6) is 1.40. The van der Waals surface area contributed by atoms with Gasteiger partial charge in [-0.05, 0) is 24.8 Å². The van der Waals surface area contributed by atoms with Crippen molar-refractivity contribution in [2.75, 3.05) is 13.2 Å². The molecule has 2 N–H and O–H groups in total. The third kappa shape index (κ3) is 3.86. The van der Waals surface area contributed by atoms with Crippen molar-refractivity contribution in [3.63, 3.8) is 0 Å². The fourth-order valence-corrected chi connectivity index (χ4v) is 1.94. The minimum Gasteiger partial charge on any atom is -0.489 e. The summed E-state index contributed by atoms with van der Waals surface area (Å²) in [5.41, 5.74) is 1.11. The van der Waals surface area contributed by atoms with Gasteiger partial charge in [0.15, 0.2) is 0 Å². The van der Waals surface area contributed by atoms with E-state index in [2.05, 4.69) is 11.9 Å². The van der Waals surface area contributed by atoms with Crippen molar-refractivity contribution in [3.8, 4) is 5.75 Å². The van der Waals surface area contributed by atoms with Crippen molar-refractivity contribution in [1.82, 2.24) is 5.32 Å². The SMILES string of the molecule is C=CCOc1ccccc1CNCC(O)C1CC1. The Labute approximate surface area is 108 Å².